The first-order valence-electron chi connectivity index (χ1n) is 5.71. The number of ether oxygens (including phenoxy) is 1. The van der Waals surface area contributed by atoms with Crippen molar-refractivity contribution in [3.8, 4) is 0 Å². The van der Waals surface area contributed by atoms with Gasteiger partial charge in [0.25, 0.3) is 0 Å². The molecule has 1 rings (SSSR count). The molecule has 0 aliphatic heterocycles. The highest BCUT2D eigenvalue weighted by molar-refractivity contribution is 5.90. The number of carbonyl (C=O) groups excluding carboxylic acids is 2. The van der Waals surface area contributed by atoms with Crippen LogP contribution in [0.4, 0.5) is 0 Å². The van der Waals surface area contributed by atoms with Crippen molar-refractivity contribution in [2.45, 2.75) is 26.2 Å². The summed E-state index contributed by atoms with van der Waals surface area (Å²) in [6, 6.07) is 9.36. The summed E-state index contributed by atoms with van der Waals surface area (Å²) in [6.45, 7) is 3.69. The van der Waals surface area contributed by atoms with Gasteiger partial charge in [-0.05, 0) is 5.56 Å². The molecule has 0 saturated carbocycles. The zero-order valence-corrected chi connectivity index (χ0v) is 10.5. The van der Waals surface area contributed by atoms with Crippen LogP contribution in [0.25, 0.3) is 0 Å². The Morgan fingerprint density at radius 2 is 1.76 bits per heavy atom. The number of benzene rings is 1. The van der Waals surface area contributed by atoms with Crippen LogP contribution in [0.1, 0.15) is 31.7 Å². The molecule has 0 N–H and O–H groups in total. The van der Waals surface area contributed by atoms with Gasteiger partial charge in [-0.25, -0.2) is 0 Å². The fraction of sp³-hybridized carbons (Fsp3) is 0.429. The molecule has 0 saturated heterocycles. The van der Waals surface area contributed by atoms with Crippen LogP contribution in [-0.4, -0.2) is 18.9 Å². The highest BCUT2D eigenvalue weighted by atomic mass is 16.5. The van der Waals surface area contributed by atoms with Gasteiger partial charge in [-0.3, -0.25) is 9.59 Å². The van der Waals surface area contributed by atoms with E-state index in [-0.39, 0.29) is 24.1 Å². The van der Waals surface area contributed by atoms with Crippen LogP contribution in [0.2, 0.25) is 0 Å². The van der Waals surface area contributed by atoms with Crippen LogP contribution in [0.3, 0.4) is 0 Å². The molecule has 0 bridgehead atoms. The van der Waals surface area contributed by atoms with Crippen molar-refractivity contribution in [2.75, 3.05) is 7.11 Å². The fourth-order valence-corrected chi connectivity index (χ4v) is 1.72. The van der Waals surface area contributed by atoms with Crippen LogP contribution in [0.5, 0.6) is 0 Å². The highest BCUT2D eigenvalue weighted by Crippen LogP contribution is 2.24. The molecule has 0 aliphatic rings. The molecule has 1 aromatic rings. The molecule has 0 spiro atoms. The minimum atomic E-state index is -0.399. The summed E-state index contributed by atoms with van der Waals surface area (Å²) >= 11 is 0. The second-order valence-corrected chi connectivity index (χ2v) is 4.30. The molecule has 17 heavy (non-hydrogen) atoms. The first-order valence-corrected chi connectivity index (χ1v) is 5.71. The van der Waals surface area contributed by atoms with E-state index in [1.807, 2.05) is 44.2 Å². The molecule has 0 aromatic heterocycles. The smallest absolute Gasteiger partial charge is 0.306 e. The van der Waals surface area contributed by atoms with Crippen LogP contribution in [0, 0.1) is 5.92 Å². The average Bonchev–Trinajstić information content (AvgIpc) is 2.35. The first-order chi connectivity index (χ1) is 8.06. The molecule has 0 aliphatic carbocycles. The lowest BCUT2D eigenvalue weighted by Gasteiger charge is -2.17. The molecule has 0 radical (unpaired) electrons. The third-order valence-corrected chi connectivity index (χ3v) is 2.71. The summed E-state index contributed by atoms with van der Waals surface area (Å²) in [5, 5.41) is 0. The van der Waals surface area contributed by atoms with Gasteiger partial charge in [0.2, 0.25) is 0 Å². The molecule has 3 nitrogen and oxygen atoms in total. The standard InChI is InChI=1S/C14H18O3/c1-10(2)14(16)12(9-13(15)17-3)11-7-5-4-6-8-11/h4-8,10,12H,9H2,1-3H3/t12-/m1/s1. The lowest BCUT2D eigenvalue weighted by molar-refractivity contribution is -0.142. The third kappa shape index (κ3) is 3.70. The second kappa shape index (κ2) is 6.18. The summed E-state index contributed by atoms with van der Waals surface area (Å²) in [5.74, 6) is -0.775. The van der Waals surface area contributed by atoms with E-state index in [0.29, 0.717) is 0 Å². The van der Waals surface area contributed by atoms with Crippen LogP contribution >= 0.6 is 0 Å². The van der Waals surface area contributed by atoms with E-state index in [2.05, 4.69) is 4.74 Å². The molecule has 1 aromatic carbocycles. The summed E-state index contributed by atoms with van der Waals surface area (Å²) in [6.07, 6.45) is 0.109. The number of methoxy groups -OCH3 is 1. The maximum atomic E-state index is 12.1. The van der Waals surface area contributed by atoms with Gasteiger partial charge < -0.3 is 4.74 Å². The van der Waals surface area contributed by atoms with Crippen molar-refractivity contribution in [2.24, 2.45) is 5.92 Å². The molecule has 1 atom stereocenters. The van der Waals surface area contributed by atoms with Crippen molar-refractivity contribution >= 4 is 11.8 Å². The largest absolute Gasteiger partial charge is 0.469 e. The number of hydrogen-bond donors (Lipinski definition) is 0. The average molecular weight is 234 g/mol. The van der Waals surface area contributed by atoms with E-state index >= 15 is 0 Å². The quantitative estimate of drug-likeness (QED) is 0.735. The van der Waals surface area contributed by atoms with E-state index in [4.69, 9.17) is 0 Å². The van der Waals surface area contributed by atoms with Crippen molar-refractivity contribution in [1.29, 1.82) is 0 Å². The van der Waals surface area contributed by atoms with E-state index in [1.165, 1.54) is 7.11 Å². The Morgan fingerprint density at radius 1 is 1.18 bits per heavy atom. The number of Topliss-reactive ketones (excluding diaryl/α,β-unsaturated/α-hetero) is 1. The normalized spacial score (nSPS) is 12.2. The number of hydrogen-bond acceptors (Lipinski definition) is 3. The van der Waals surface area contributed by atoms with E-state index in [9.17, 15) is 9.59 Å². The minimum Gasteiger partial charge on any atom is -0.469 e. The van der Waals surface area contributed by atoms with Crippen LogP contribution in [-0.2, 0) is 14.3 Å². The molecule has 0 heterocycles. The number of carbonyl (C=O) groups is 2. The van der Waals surface area contributed by atoms with Crippen molar-refractivity contribution in [1.82, 2.24) is 0 Å². The van der Waals surface area contributed by atoms with Crippen molar-refractivity contribution in [3.63, 3.8) is 0 Å². The predicted molar refractivity (Wildman–Crippen MR) is 65.7 cm³/mol. The summed E-state index contributed by atoms with van der Waals surface area (Å²) in [4.78, 5) is 23.4. The van der Waals surface area contributed by atoms with Crippen molar-refractivity contribution < 1.29 is 14.3 Å². The number of ketones is 1. The fourth-order valence-electron chi connectivity index (χ4n) is 1.72. The molecule has 0 unspecified atom stereocenters. The summed E-state index contributed by atoms with van der Waals surface area (Å²) in [5.41, 5.74) is 0.872. The third-order valence-electron chi connectivity index (χ3n) is 2.71. The predicted octanol–water partition coefficient (Wildman–Crippen LogP) is 2.56. The van der Waals surface area contributed by atoms with Gasteiger partial charge in [-0.1, -0.05) is 44.2 Å². The van der Waals surface area contributed by atoms with Gasteiger partial charge in [0.15, 0.2) is 0 Å². The first kappa shape index (κ1) is 13.4. The Bertz CT molecular complexity index is 382. The lowest BCUT2D eigenvalue weighted by Crippen LogP contribution is -2.21. The molecular weight excluding hydrogens is 216 g/mol. The van der Waals surface area contributed by atoms with E-state index in [1.54, 1.807) is 0 Å². The lowest BCUT2D eigenvalue weighted by atomic mass is 9.86. The second-order valence-electron chi connectivity index (χ2n) is 4.30. The molecular formula is C14H18O3. The van der Waals surface area contributed by atoms with Gasteiger partial charge in [-0.15, -0.1) is 0 Å². The SMILES string of the molecule is COC(=O)C[C@@H](C(=O)C(C)C)c1ccccc1. The zero-order chi connectivity index (χ0) is 12.8. The van der Waals surface area contributed by atoms with Crippen molar-refractivity contribution in [3.05, 3.63) is 35.9 Å². The van der Waals surface area contributed by atoms with Gasteiger partial charge in [-0.2, -0.15) is 0 Å². The highest BCUT2D eigenvalue weighted by Gasteiger charge is 2.25. The number of esters is 1. The Labute approximate surface area is 102 Å². The molecule has 0 amide bonds. The molecule has 3 heteroatoms. The van der Waals surface area contributed by atoms with Gasteiger partial charge in [0.05, 0.1) is 19.4 Å². The Morgan fingerprint density at radius 3 is 2.24 bits per heavy atom. The summed E-state index contributed by atoms with van der Waals surface area (Å²) < 4.78 is 4.64. The van der Waals surface area contributed by atoms with Crippen LogP contribution < -0.4 is 0 Å². The monoisotopic (exact) mass is 234 g/mol. The van der Waals surface area contributed by atoms with Gasteiger partial charge in [0, 0.05) is 5.92 Å². The summed E-state index contributed by atoms with van der Waals surface area (Å²) in [7, 11) is 1.34. The maximum Gasteiger partial charge on any atom is 0.306 e. The number of rotatable bonds is 5. The van der Waals surface area contributed by atoms with Gasteiger partial charge in [0.1, 0.15) is 5.78 Å². The maximum absolute atomic E-state index is 12.1. The Hall–Kier alpha value is -1.64. The van der Waals surface area contributed by atoms with E-state index in [0.717, 1.165) is 5.56 Å². The van der Waals surface area contributed by atoms with E-state index < -0.39 is 5.92 Å². The topological polar surface area (TPSA) is 43.4 Å². The Balaban J connectivity index is 2.94. The Kier molecular flexibility index (Phi) is 4.88. The van der Waals surface area contributed by atoms with Crippen LogP contribution in [0.15, 0.2) is 30.3 Å². The molecule has 92 valence electrons. The van der Waals surface area contributed by atoms with Gasteiger partial charge >= 0.3 is 5.97 Å². The zero-order valence-electron chi connectivity index (χ0n) is 10.5. The molecule has 0 fully saturated rings. The minimum absolute atomic E-state index is 0.0709.